The Balaban J connectivity index is 1.70. The summed E-state index contributed by atoms with van der Waals surface area (Å²) >= 11 is 7.68. The van der Waals surface area contributed by atoms with E-state index in [0.29, 0.717) is 33.8 Å². The van der Waals surface area contributed by atoms with E-state index in [-0.39, 0.29) is 6.61 Å². The molecule has 29 heavy (non-hydrogen) atoms. The minimum Gasteiger partial charge on any atom is -0.485 e. The Bertz CT molecular complexity index is 1030. The van der Waals surface area contributed by atoms with Gasteiger partial charge >= 0.3 is 0 Å². The average Bonchev–Trinajstić information content (AvgIpc) is 2.68. The molecule has 1 aliphatic rings. The van der Waals surface area contributed by atoms with Gasteiger partial charge in [0.2, 0.25) is 0 Å². The Morgan fingerprint density at radius 3 is 2.69 bits per heavy atom. The van der Waals surface area contributed by atoms with Crippen molar-refractivity contribution in [1.82, 2.24) is 9.97 Å². The van der Waals surface area contributed by atoms with Crippen molar-refractivity contribution in [2.75, 3.05) is 12.0 Å². The second-order valence-electron chi connectivity index (χ2n) is 7.04. The zero-order chi connectivity index (χ0) is 20.4. The van der Waals surface area contributed by atoms with E-state index in [9.17, 15) is 0 Å². The topological polar surface area (TPSA) is 61.0 Å². The Kier molecular flexibility index (Phi) is 5.92. The van der Waals surface area contributed by atoms with E-state index in [1.165, 1.54) is 12.4 Å². The van der Waals surface area contributed by atoms with Crippen LogP contribution in [0.25, 0.3) is 11.3 Å². The van der Waals surface area contributed by atoms with Crippen LogP contribution in [0.4, 0.5) is 10.2 Å². The van der Waals surface area contributed by atoms with Crippen LogP contribution in [-0.2, 0) is 6.61 Å². The van der Waals surface area contributed by atoms with Crippen LogP contribution in [0.2, 0.25) is 5.02 Å². The summed E-state index contributed by atoms with van der Waals surface area (Å²) in [6, 6.07) is 9.35. The first kappa shape index (κ1) is 20.0. The highest BCUT2D eigenvalue weighted by Gasteiger charge is 2.27. The van der Waals surface area contributed by atoms with Crippen molar-refractivity contribution in [3.63, 3.8) is 0 Å². The summed E-state index contributed by atoms with van der Waals surface area (Å²) in [5.41, 5.74) is 8.28. The maximum absolute atomic E-state index is 15.5. The number of benzene rings is 2. The molecule has 1 aliphatic carbocycles. The number of nitrogens with zero attached hydrogens (tertiary/aromatic N) is 2. The molecular formula is C22H21ClFN3OS. The molecular weight excluding hydrogens is 409 g/mol. The van der Waals surface area contributed by atoms with E-state index in [1.807, 2.05) is 30.5 Å². The van der Waals surface area contributed by atoms with Crippen LogP contribution < -0.4 is 10.5 Å². The van der Waals surface area contributed by atoms with Gasteiger partial charge in [-0.1, -0.05) is 30.2 Å². The fourth-order valence-corrected chi connectivity index (χ4v) is 4.29. The van der Waals surface area contributed by atoms with E-state index in [4.69, 9.17) is 22.1 Å². The first-order valence-electron chi connectivity index (χ1n) is 9.42. The minimum atomic E-state index is -0.409. The zero-order valence-corrected chi connectivity index (χ0v) is 17.6. The molecule has 0 amide bonds. The summed E-state index contributed by atoms with van der Waals surface area (Å²) in [6.07, 6.45) is 8.14. The van der Waals surface area contributed by atoms with Crippen molar-refractivity contribution in [3.8, 4) is 17.0 Å². The number of ether oxygens (including phenoxy) is 1. The third-order valence-corrected chi connectivity index (χ3v) is 6.30. The largest absolute Gasteiger partial charge is 0.485 e. The molecule has 1 fully saturated rings. The second kappa shape index (κ2) is 8.59. The monoisotopic (exact) mass is 429 g/mol. The lowest BCUT2D eigenvalue weighted by Gasteiger charge is -2.28. The SMILES string of the molecule is CSc1cc(Cl)ccc1COc1c(C2CCC2)ccc(-c2cnc(N)cn2)c1F. The quantitative estimate of drug-likeness (QED) is 0.480. The molecule has 0 atom stereocenters. The van der Waals surface area contributed by atoms with Crippen LogP contribution in [-0.4, -0.2) is 16.2 Å². The Hall–Kier alpha value is -2.31. The lowest BCUT2D eigenvalue weighted by atomic mass is 9.79. The molecule has 150 valence electrons. The van der Waals surface area contributed by atoms with Crippen molar-refractivity contribution in [1.29, 1.82) is 0 Å². The molecule has 3 aromatic rings. The van der Waals surface area contributed by atoms with Gasteiger partial charge in [0.1, 0.15) is 12.4 Å². The molecule has 0 aliphatic heterocycles. The van der Waals surface area contributed by atoms with E-state index in [1.54, 1.807) is 17.8 Å². The van der Waals surface area contributed by atoms with Crippen LogP contribution >= 0.6 is 23.4 Å². The third-order valence-electron chi connectivity index (χ3n) is 5.24. The van der Waals surface area contributed by atoms with Crippen molar-refractivity contribution in [2.24, 2.45) is 0 Å². The van der Waals surface area contributed by atoms with Gasteiger partial charge in [-0.15, -0.1) is 11.8 Å². The Morgan fingerprint density at radius 1 is 1.21 bits per heavy atom. The molecule has 0 saturated heterocycles. The summed E-state index contributed by atoms with van der Waals surface area (Å²) in [7, 11) is 0. The molecule has 1 saturated carbocycles. The number of halogens is 2. The van der Waals surface area contributed by atoms with Gasteiger partial charge < -0.3 is 10.5 Å². The van der Waals surface area contributed by atoms with Crippen LogP contribution in [0, 0.1) is 5.82 Å². The molecule has 4 rings (SSSR count). The molecule has 0 bridgehead atoms. The van der Waals surface area contributed by atoms with Crippen LogP contribution in [0.1, 0.15) is 36.3 Å². The number of nitrogen functional groups attached to an aromatic ring is 1. The van der Waals surface area contributed by atoms with Crippen molar-refractivity contribution in [3.05, 3.63) is 64.7 Å². The average molecular weight is 430 g/mol. The van der Waals surface area contributed by atoms with E-state index >= 15 is 4.39 Å². The molecule has 0 spiro atoms. The Morgan fingerprint density at radius 2 is 2.03 bits per heavy atom. The Labute approximate surface area is 178 Å². The van der Waals surface area contributed by atoms with Gasteiger partial charge in [0.05, 0.1) is 18.1 Å². The van der Waals surface area contributed by atoms with Gasteiger partial charge in [0, 0.05) is 26.6 Å². The highest BCUT2D eigenvalue weighted by atomic mass is 35.5. The summed E-state index contributed by atoms with van der Waals surface area (Å²) < 4.78 is 21.6. The number of anilines is 1. The summed E-state index contributed by atoms with van der Waals surface area (Å²) in [5, 5.41) is 0.670. The summed E-state index contributed by atoms with van der Waals surface area (Å²) in [4.78, 5) is 9.26. The first-order chi connectivity index (χ1) is 14.1. The highest BCUT2D eigenvalue weighted by molar-refractivity contribution is 7.98. The fraction of sp³-hybridized carbons (Fsp3) is 0.273. The normalized spacial score (nSPS) is 13.9. The molecule has 0 radical (unpaired) electrons. The predicted molar refractivity (Wildman–Crippen MR) is 116 cm³/mol. The number of hydrogen-bond acceptors (Lipinski definition) is 5. The number of nitrogens with two attached hydrogens (primary N) is 1. The smallest absolute Gasteiger partial charge is 0.174 e. The molecule has 2 aromatic carbocycles. The van der Waals surface area contributed by atoms with Crippen LogP contribution in [0.5, 0.6) is 5.75 Å². The second-order valence-corrected chi connectivity index (χ2v) is 8.33. The maximum atomic E-state index is 15.5. The van der Waals surface area contributed by atoms with Gasteiger partial charge in [-0.05, 0) is 43.2 Å². The molecule has 4 nitrogen and oxygen atoms in total. The molecule has 7 heteroatoms. The van der Waals surface area contributed by atoms with E-state index < -0.39 is 5.82 Å². The molecule has 0 unspecified atom stereocenters. The van der Waals surface area contributed by atoms with Gasteiger partial charge in [-0.2, -0.15) is 0 Å². The summed E-state index contributed by atoms with van der Waals surface area (Å²) in [5.74, 6) is 0.515. The fourth-order valence-electron chi connectivity index (χ4n) is 3.42. The van der Waals surface area contributed by atoms with Gasteiger partial charge in [-0.3, -0.25) is 4.98 Å². The van der Waals surface area contributed by atoms with Crippen LogP contribution in [0.15, 0.2) is 47.6 Å². The predicted octanol–water partition coefficient (Wildman–Crippen LogP) is 6.09. The molecule has 1 aromatic heterocycles. The number of thioether (sulfide) groups is 1. The van der Waals surface area contributed by atoms with E-state index in [2.05, 4.69) is 9.97 Å². The lowest BCUT2D eigenvalue weighted by Crippen LogP contribution is -2.12. The standard InChI is InChI=1S/C22H21ClFN3OS/c1-29-19-9-15(23)6-5-14(19)12-28-22-16(13-3-2-4-13)7-8-17(21(22)24)18-10-27-20(25)11-26-18/h5-11,13H,2-4,12H2,1H3,(H2,25,27). The summed E-state index contributed by atoms with van der Waals surface area (Å²) in [6.45, 7) is 0.265. The third kappa shape index (κ3) is 4.19. The number of aromatic nitrogens is 2. The molecule has 2 N–H and O–H groups in total. The zero-order valence-electron chi connectivity index (χ0n) is 16.0. The lowest BCUT2D eigenvalue weighted by molar-refractivity contribution is 0.276. The van der Waals surface area contributed by atoms with Crippen LogP contribution in [0.3, 0.4) is 0 Å². The maximum Gasteiger partial charge on any atom is 0.174 e. The van der Waals surface area contributed by atoms with Gasteiger partial charge in [0.25, 0.3) is 0 Å². The number of rotatable bonds is 6. The highest BCUT2D eigenvalue weighted by Crippen LogP contribution is 2.44. The first-order valence-corrected chi connectivity index (χ1v) is 11.0. The minimum absolute atomic E-state index is 0.265. The van der Waals surface area contributed by atoms with Crippen molar-refractivity contribution < 1.29 is 9.13 Å². The number of hydrogen-bond donors (Lipinski definition) is 1. The molecule has 1 heterocycles. The van der Waals surface area contributed by atoms with Crippen molar-refractivity contribution in [2.45, 2.75) is 36.7 Å². The van der Waals surface area contributed by atoms with E-state index in [0.717, 1.165) is 35.3 Å². The van der Waals surface area contributed by atoms with Gasteiger partial charge in [-0.25, -0.2) is 9.37 Å². The van der Waals surface area contributed by atoms with Crippen molar-refractivity contribution >= 4 is 29.2 Å². The van der Waals surface area contributed by atoms with Gasteiger partial charge in [0.15, 0.2) is 11.6 Å².